The number of hydrogen-bond acceptors (Lipinski definition) is 10. The van der Waals surface area contributed by atoms with Crippen LogP contribution in [0.1, 0.15) is 27.6 Å². The maximum absolute atomic E-state index is 12.8. The van der Waals surface area contributed by atoms with E-state index in [0.29, 0.717) is 0 Å². The number of rotatable bonds is 9. The molecule has 0 spiro atoms. The fourth-order valence-corrected chi connectivity index (χ4v) is 4.69. The molecule has 0 bridgehead atoms. The van der Waals surface area contributed by atoms with Crippen molar-refractivity contribution in [2.24, 2.45) is 0 Å². The predicted molar refractivity (Wildman–Crippen MR) is 134 cm³/mol. The maximum atomic E-state index is 12.8. The van der Waals surface area contributed by atoms with Gasteiger partial charge in [-0.05, 0) is 55.5 Å². The van der Waals surface area contributed by atoms with Crippen LogP contribution < -0.4 is 10.6 Å². The van der Waals surface area contributed by atoms with Gasteiger partial charge in [-0.3, -0.25) is 14.4 Å². The Kier molecular flexibility index (Phi) is 8.23. The molecule has 12 nitrogen and oxygen atoms in total. The number of carbonyl (C=O) groups is 3. The number of anilines is 1. The number of sulfone groups is 1. The number of nitrogens with one attached hydrogen (secondary N) is 2. The SMILES string of the molecule is C[C@@H](O)[C@H](NC(=O)c1cccc(O)c1O)C(=O)CS(=O)(=O)c1ccc(NC(=O)c2cccc(O)c2O)cc1. The standard InChI is InChI=1S/C25H24N2O10S/c1-13(28)21(27-25(35)17-5-3-7-19(30)23(17)33)20(31)12-38(36,37)15-10-8-14(9-11-15)26-24(34)16-4-2-6-18(29)22(16)32/h2-11,13,21,28-30,32-33H,12H2,1H3,(H,26,34)(H,27,35)/t13-,21+/m1/s1. The van der Waals surface area contributed by atoms with E-state index in [2.05, 4.69) is 10.6 Å². The summed E-state index contributed by atoms with van der Waals surface area (Å²) in [5.74, 6) is -6.36. The average molecular weight is 545 g/mol. The molecular weight excluding hydrogens is 520 g/mol. The van der Waals surface area contributed by atoms with Crippen molar-refractivity contribution in [1.29, 1.82) is 0 Å². The van der Waals surface area contributed by atoms with Crippen LogP contribution >= 0.6 is 0 Å². The van der Waals surface area contributed by atoms with Gasteiger partial charge < -0.3 is 36.2 Å². The van der Waals surface area contributed by atoms with Crippen LogP contribution in [-0.4, -0.2) is 69.4 Å². The van der Waals surface area contributed by atoms with Crippen molar-refractivity contribution in [3.05, 3.63) is 71.8 Å². The predicted octanol–water partition coefficient (Wildman–Crippen LogP) is 1.28. The molecule has 0 saturated heterocycles. The number of aliphatic hydroxyl groups excluding tert-OH is 1. The van der Waals surface area contributed by atoms with E-state index >= 15 is 0 Å². The molecule has 0 aliphatic carbocycles. The van der Waals surface area contributed by atoms with Gasteiger partial charge in [0.2, 0.25) is 0 Å². The molecule has 0 fully saturated rings. The molecule has 0 saturated carbocycles. The molecule has 0 radical (unpaired) electrons. The summed E-state index contributed by atoms with van der Waals surface area (Å²) in [5.41, 5.74) is -0.441. The number of Topliss-reactive ketones (excluding diaryl/α,β-unsaturated/α-hetero) is 1. The lowest BCUT2D eigenvalue weighted by Gasteiger charge is -2.20. The van der Waals surface area contributed by atoms with Crippen molar-refractivity contribution in [2.75, 3.05) is 11.1 Å². The molecule has 200 valence electrons. The molecule has 3 rings (SSSR count). The third-order valence-corrected chi connectivity index (χ3v) is 7.09. The quantitative estimate of drug-likeness (QED) is 0.192. The van der Waals surface area contributed by atoms with Crippen LogP contribution in [0.15, 0.2) is 65.6 Å². The first kappa shape index (κ1) is 28.0. The van der Waals surface area contributed by atoms with Crippen LogP contribution in [0.5, 0.6) is 23.0 Å². The Bertz CT molecular complexity index is 1480. The largest absolute Gasteiger partial charge is 0.504 e. The summed E-state index contributed by atoms with van der Waals surface area (Å²) in [6.45, 7) is 1.17. The van der Waals surface area contributed by atoms with Gasteiger partial charge in [-0.2, -0.15) is 0 Å². The molecular formula is C25H24N2O10S. The summed E-state index contributed by atoms with van der Waals surface area (Å²) in [7, 11) is -4.25. The minimum atomic E-state index is -4.25. The smallest absolute Gasteiger partial charge is 0.259 e. The molecule has 0 aliphatic rings. The van der Waals surface area contributed by atoms with Crippen LogP contribution in [0.4, 0.5) is 5.69 Å². The first-order valence-corrected chi connectivity index (χ1v) is 12.6. The highest BCUT2D eigenvalue weighted by Crippen LogP contribution is 2.29. The number of aromatic hydroxyl groups is 4. The zero-order chi connectivity index (χ0) is 28.2. The van der Waals surface area contributed by atoms with Crippen LogP contribution in [0.3, 0.4) is 0 Å². The zero-order valence-electron chi connectivity index (χ0n) is 19.8. The van der Waals surface area contributed by atoms with E-state index in [9.17, 15) is 48.3 Å². The van der Waals surface area contributed by atoms with E-state index < -0.39 is 68.3 Å². The van der Waals surface area contributed by atoms with Crippen LogP contribution in [-0.2, 0) is 14.6 Å². The van der Waals surface area contributed by atoms with Crippen molar-refractivity contribution >= 4 is 33.1 Å². The molecule has 0 unspecified atom stereocenters. The van der Waals surface area contributed by atoms with Gasteiger partial charge in [0.25, 0.3) is 11.8 Å². The van der Waals surface area contributed by atoms with E-state index in [4.69, 9.17) is 0 Å². The second kappa shape index (κ2) is 11.2. The Morgan fingerprint density at radius 3 is 1.79 bits per heavy atom. The highest BCUT2D eigenvalue weighted by molar-refractivity contribution is 7.92. The summed E-state index contributed by atoms with van der Waals surface area (Å²) in [4.78, 5) is 37.3. The maximum Gasteiger partial charge on any atom is 0.259 e. The summed E-state index contributed by atoms with van der Waals surface area (Å²) >= 11 is 0. The number of phenolic OH excluding ortho intramolecular Hbond substituents is 4. The molecule has 2 atom stereocenters. The van der Waals surface area contributed by atoms with Crippen molar-refractivity contribution in [1.82, 2.24) is 5.32 Å². The van der Waals surface area contributed by atoms with Crippen molar-refractivity contribution in [2.45, 2.75) is 24.0 Å². The monoisotopic (exact) mass is 544 g/mol. The van der Waals surface area contributed by atoms with Crippen molar-refractivity contribution in [3.8, 4) is 23.0 Å². The van der Waals surface area contributed by atoms with Gasteiger partial charge in [-0.15, -0.1) is 0 Å². The number of hydrogen-bond donors (Lipinski definition) is 7. The Morgan fingerprint density at radius 2 is 1.29 bits per heavy atom. The molecule has 3 aromatic rings. The van der Waals surface area contributed by atoms with Gasteiger partial charge >= 0.3 is 0 Å². The second-order valence-electron chi connectivity index (χ2n) is 8.24. The molecule has 13 heteroatoms. The van der Waals surface area contributed by atoms with E-state index in [0.717, 1.165) is 24.3 Å². The van der Waals surface area contributed by atoms with Gasteiger partial charge in [0.05, 0.1) is 22.1 Å². The number of benzene rings is 3. The minimum absolute atomic E-state index is 0.156. The minimum Gasteiger partial charge on any atom is -0.504 e. The van der Waals surface area contributed by atoms with Gasteiger partial charge in [0.1, 0.15) is 11.8 Å². The van der Waals surface area contributed by atoms with Gasteiger partial charge in [0, 0.05) is 5.69 Å². The molecule has 3 aromatic carbocycles. The lowest BCUT2D eigenvalue weighted by Crippen LogP contribution is -2.49. The zero-order valence-corrected chi connectivity index (χ0v) is 20.6. The summed E-state index contributed by atoms with van der Waals surface area (Å²) < 4.78 is 25.6. The molecule has 0 aromatic heterocycles. The highest BCUT2D eigenvalue weighted by Gasteiger charge is 2.31. The highest BCUT2D eigenvalue weighted by atomic mass is 32.2. The van der Waals surface area contributed by atoms with Gasteiger partial charge in [-0.1, -0.05) is 12.1 Å². The Morgan fingerprint density at radius 1 is 0.789 bits per heavy atom. The normalized spacial score (nSPS) is 12.8. The van der Waals surface area contributed by atoms with Crippen molar-refractivity contribution in [3.63, 3.8) is 0 Å². The number of ketones is 1. The molecule has 2 amide bonds. The number of para-hydroxylation sites is 2. The molecule has 0 aliphatic heterocycles. The van der Waals surface area contributed by atoms with E-state index in [1.807, 2.05) is 0 Å². The van der Waals surface area contributed by atoms with Crippen LogP contribution in [0.2, 0.25) is 0 Å². The van der Waals surface area contributed by atoms with E-state index in [1.165, 1.54) is 43.3 Å². The van der Waals surface area contributed by atoms with E-state index in [-0.39, 0.29) is 21.7 Å². The topological polar surface area (TPSA) is 211 Å². The van der Waals surface area contributed by atoms with E-state index in [1.54, 1.807) is 0 Å². The lowest BCUT2D eigenvalue weighted by molar-refractivity contribution is -0.120. The average Bonchev–Trinajstić information content (AvgIpc) is 2.85. The Labute approximate surface area is 216 Å². The molecule has 0 heterocycles. The first-order chi connectivity index (χ1) is 17.8. The summed E-state index contributed by atoms with van der Waals surface area (Å²) in [6.07, 6.45) is -1.49. The number of aliphatic hydroxyl groups is 1. The molecule has 38 heavy (non-hydrogen) atoms. The van der Waals surface area contributed by atoms with Gasteiger partial charge in [0.15, 0.2) is 38.6 Å². The third kappa shape index (κ3) is 6.19. The Balaban J connectivity index is 1.72. The van der Waals surface area contributed by atoms with Crippen molar-refractivity contribution < 1.29 is 48.3 Å². The fraction of sp³-hybridized carbons (Fsp3) is 0.160. The third-order valence-electron chi connectivity index (χ3n) is 5.44. The van der Waals surface area contributed by atoms with Crippen LogP contribution in [0.25, 0.3) is 0 Å². The molecule has 7 N–H and O–H groups in total. The number of carbonyl (C=O) groups excluding carboxylic acids is 3. The van der Waals surface area contributed by atoms with Gasteiger partial charge in [-0.25, -0.2) is 8.42 Å². The summed E-state index contributed by atoms with van der Waals surface area (Å²) in [5, 5.41) is 53.4. The number of amides is 2. The first-order valence-electron chi connectivity index (χ1n) is 11.0. The summed E-state index contributed by atoms with van der Waals surface area (Å²) in [6, 6.07) is 10.5. The second-order valence-corrected chi connectivity index (χ2v) is 10.2. The lowest BCUT2D eigenvalue weighted by atomic mass is 10.1. The van der Waals surface area contributed by atoms with Crippen LogP contribution in [0, 0.1) is 0 Å². The Hall–Kier alpha value is -4.62. The fourth-order valence-electron chi connectivity index (χ4n) is 3.42. The number of phenols is 4.